The molecule has 2 heterocycles. The first-order valence-corrected chi connectivity index (χ1v) is 14.5. The minimum Gasteiger partial charge on any atom is -0.356 e. The van der Waals surface area contributed by atoms with E-state index in [1.54, 1.807) is 4.57 Å². The lowest BCUT2D eigenvalue weighted by atomic mass is 10.1. The van der Waals surface area contributed by atoms with E-state index in [4.69, 9.17) is 0 Å². The van der Waals surface area contributed by atoms with Crippen molar-refractivity contribution in [3.8, 4) is 0 Å². The summed E-state index contributed by atoms with van der Waals surface area (Å²) in [6, 6.07) is 11.9. The first kappa shape index (κ1) is 27.9. The van der Waals surface area contributed by atoms with Gasteiger partial charge in [0.15, 0.2) is 5.16 Å². The van der Waals surface area contributed by atoms with Crippen molar-refractivity contribution in [2.75, 3.05) is 18.8 Å². The topological polar surface area (TPSA) is 93.1 Å². The highest BCUT2D eigenvalue weighted by Crippen LogP contribution is 2.21. The number of nitrogens with one attached hydrogen (secondary N) is 2. The Balaban J connectivity index is 1.45. The molecule has 194 valence electrons. The standard InChI is InChI=1S/C27H36N4O3S2/c1-20(2)12-15-29-24(33)19-36-27-30-22-14-18-35-25(22)26(34)31(27)17-8-4-7-11-23(32)28-16-13-21-9-5-3-6-10-21/h3,5-6,9-10,14,18,20H,4,7-8,11-13,15-17,19H2,1-2H3,(H,28,32)(H,29,33). The Morgan fingerprint density at radius 2 is 1.81 bits per heavy atom. The fraction of sp³-hybridized carbons (Fsp3) is 0.481. The van der Waals surface area contributed by atoms with Gasteiger partial charge in [-0.3, -0.25) is 19.0 Å². The van der Waals surface area contributed by atoms with Crippen LogP contribution in [0.3, 0.4) is 0 Å². The van der Waals surface area contributed by atoms with Gasteiger partial charge in [-0.25, -0.2) is 4.98 Å². The van der Waals surface area contributed by atoms with E-state index >= 15 is 0 Å². The van der Waals surface area contributed by atoms with Gasteiger partial charge in [-0.15, -0.1) is 11.3 Å². The maximum Gasteiger partial charge on any atom is 0.272 e. The molecule has 9 heteroatoms. The fourth-order valence-electron chi connectivity index (χ4n) is 3.72. The Hall–Kier alpha value is -2.65. The van der Waals surface area contributed by atoms with Crippen LogP contribution in [0, 0.1) is 5.92 Å². The third-order valence-corrected chi connectivity index (χ3v) is 7.64. The summed E-state index contributed by atoms with van der Waals surface area (Å²) >= 11 is 2.69. The van der Waals surface area contributed by atoms with Crippen molar-refractivity contribution < 1.29 is 9.59 Å². The summed E-state index contributed by atoms with van der Waals surface area (Å²) in [5.74, 6) is 0.768. The third-order valence-electron chi connectivity index (χ3n) is 5.77. The molecule has 0 fully saturated rings. The molecule has 2 N–H and O–H groups in total. The summed E-state index contributed by atoms with van der Waals surface area (Å²) in [5.41, 5.74) is 1.83. The van der Waals surface area contributed by atoms with Gasteiger partial charge in [0.2, 0.25) is 11.8 Å². The lowest BCUT2D eigenvalue weighted by Crippen LogP contribution is -2.28. The van der Waals surface area contributed by atoms with E-state index in [2.05, 4.69) is 41.6 Å². The molecule has 2 amide bonds. The molecule has 7 nitrogen and oxygen atoms in total. The molecule has 0 aliphatic rings. The Bertz CT molecular complexity index is 1170. The summed E-state index contributed by atoms with van der Waals surface area (Å²) in [4.78, 5) is 42.1. The summed E-state index contributed by atoms with van der Waals surface area (Å²) in [6.07, 6.45) is 4.60. The van der Waals surface area contributed by atoms with Crippen LogP contribution >= 0.6 is 23.1 Å². The number of carbonyl (C=O) groups is 2. The smallest absolute Gasteiger partial charge is 0.272 e. The van der Waals surface area contributed by atoms with Gasteiger partial charge in [-0.2, -0.15) is 0 Å². The van der Waals surface area contributed by atoms with Crippen LogP contribution in [0.15, 0.2) is 51.7 Å². The molecule has 36 heavy (non-hydrogen) atoms. The maximum atomic E-state index is 13.1. The van der Waals surface area contributed by atoms with Gasteiger partial charge >= 0.3 is 0 Å². The number of nitrogens with zero attached hydrogens (tertiary/aromatic N) is 2. The number of hydrogen-bond donors (Lipinski definition) is 2. The number of benzene rings is 1. The molecule has 0 unspecified atom stereocenters. The number of amides is 2. The predicted molar refractivity (Wildman–Crippen MR) is 149 cm³/mol. The SMILES string of the molecule is CC(C)CCNC(=O)CSc1nc2ccsc2c(=O)n1CCCCCC(=O)NCCc1ccccc1. The quantitative estimate of drug-likeness (QED) is 0.170. The highest BCUT2D eigenvalue weighted by atomic mass is 32.2. The maximum absolute atomic E-state index is 13.1. The minimum absolute atomic E-state index is 0.0508. The average molecular weight is 529 g/mol. The average Bonchev–Trinajstić information content (AvgIpc) is 3.33. The molecule has 0 aliphatic carbocycles. The zero-order valence-electron chi connectivity index (χ0n) is 21.1. The third kappa shape index (κ3) is 9.09. The number of rotatable bonds is 15. The first-order valence-electron chi connectivity index (χ1n) is 12.6. The van der Waals surface area contributed by atoms with Crippen molar-refractivity contribution in [2.24, 2.45) is 5.92 Å². The summed E-state index contributed by atoms with van der Waals surface area (Å²) in [6.45, 7) is 6.06. The highest BCUT2D eigenvalue weighted by molar-refractivity contribution is 7.99. The van der Waals surface area contributed by atoms with Gasteiger partial charge in [-0.05, 0) is 48.6 Å². The number of fused-ring (bicyclic) bond motifs is 1. The lowest BCUT2D eigenvalue weighted by Gasteiger charge is -2.12. The molecule has 0 spiro atoms. The molecule has 1 aromatic carbocycles. The number of aromatic nitrogens is 2. The highest BCUT2D eigenvalue weighted by Gasteiger charge is 2.14. The van der Waals surface area contributed by atoms with Crippen LogP contribution < -0.4 is 16.2 Å². The molecule has 3 aromatic rings. The van der Waals surface area contributed by atoms with E-state index < -0.39 is 0 Å². The van der Waals surface area contributed by atoms with Crippen molar-refractivity contribution in [2.45, 2.75) is 64.1 Å². The Labute approximate surface area is 221 Å². The number of hydrogen-bond acceptors (Lipinski definition) is 6. The van der Waals surface area contributed by atoms with Crippen LogP contribution in [0.1, 0.15) is 51.5 Å². The second-order valence-electron chi connectivity index (χ2n) is 9.20. The molecule has 3 rings (SSSR count). The second kappa shape index (κ2) is 14.8. The van der Waals surface area contributed by atoms with E-state index in [0.29, 0.717) is 47.3 Å². The van der Waals surface area contributed by atoms with E-state index in [1.807, 2.05) is 29.6 Å². The van der Waals surface area contributed by atoms with Crippen LogP contribution in [0.5, 0.6) is 0 Å². The first-order chi connectivity index (χ1) is 17.4. The van der Waals surface area contributed by atoms with E-state index in [1.165, 1.54) is 28.7 Å². The fourth-order valence-corrected chi connectivity index (χ4v) is 5.36. The number of unbranched alkanes of at least 4 members (excludes halogenated alkanes) is 2. The van der Waals surface area contributed by atoms with Crippen molar-refractivity contribution in [1.29, 1.82) is 0 Å². The second-order valence-corrected chi connectivity index (χ2v) is 11.1. The Kier molecular flexibility index (Phi) is 11.5. The predicted octanol–water partition coefficient (Wildman–Crippen LogP) is 4.63. The Morgan fingerprint density at radius 1 is 1.03 bits per heavy atom. The molecule has 0 radical (unpaired) electrons. The number of carbonyl (C=O) groups excluding carboxylic acids is 2. The van der Waals surface area contributed by atoms with E-state index in [0.717, 1.165) is 32.1 Å². The van der Waals surface area contributed by atoms with Crippen LogP contribution in [0.25, 0.3) is 10.2 Å². The minimum atomic E-state index is -0.0589. The monoisotopic (exact) mass is 528 g/mol. The van der Waals surface area contributed by atoms with Crippen molar-refractivity contribution in [3.63, 3.8) is 0 Å². The molecule has 0 saturated heterocycles. The summed E-state index contributed by atoms with van der Waals surface area (Å²) < 4.78 is 2.32. The molecule has 0 saturated carbocycles. The Morgan fingerprint density at radius 3 is 2.58 bits per heavy atom. The number of thioether (sulfide) groups is 1. The van der Waals surface area contributed by atoms with Gasteiger partial charge in [0.25, 0.3) is 5.56 Å². The van der Waals surface area contributed by atoms with Gasteiger partial charge in [0, 0.05) is 26.1 Å². The molecule has 0 aliphatic heterocycles. The molecular weight excluding hydrogens is 492 g/mol. The van der Waals surface area contributed by atoms with Crippen LogP contribution in [0.2, 0.25) is 0 Å². The van der Waals surface area contributed by atoms with Gasteiger partial charge in [0.05, 0.1) is 11.3 Å². The van der Waals surface area contributed by atoms with E-state index in [-0.39, 0.29) is 23.1 Å². The number of thiophene rings is 1. The summed E-state index contributed by atoms with van der Waals surface area (Å²) in [5, 5.41) is 8.35. The van der Waals surface area contributed by atoms with Crippen molar-refractivity contribution >= 4 is 45.1 Å². The zero-order valence-corrected chi connectivity index (χ0v) is 22.8. The van der Waals surface area contributed by atoms with Gasteiger partial charge < -0.3 is 10.6 Å². The molecule has 2 aromatic heterocycles. The van der Waals surface area contributed by atoms with Crippen LogP contribution in [0.4, 0.5) is 0 Å². The van der Waals surface area contributed by atoms with Crippen LogP contribution in [-0.2, 0) is 22.6 Å². The van der Waals surface area contributed by atoms with E-state index in [9.17, 15) is 14.4 Å². The lowest BCUT2D eigenvalue weighted by molar-refractivity contribution is -0.121. The van der Waals surface area contributed by atoms with Crippen molar-refractivity contribution in [1.82, 2.24) is 20.2 Å². The van der Waals surface area contributed by atoms with Gasteiger partial charge in [-0.1, -0.05) is 62.4 Å². The van der Waals surface area contributed by atoms with Gasteiger partial charge in [0.1, 0.15) is 4.70 Å². The van der Waals surface area contributed by atoms with Crippen molar-refractivity contribution in [3.05, 3.63) is 57.7 Å². The summed E-state index contributed by atoms with van der Waals surface area (Å²) in [7, 11) is 0. The zero-order chi connectivity index (χ0) is 25.8. The molecule has 0 atom stereocenters. The normalized spacial score (nSPS) is 11.2. The molecule has 0 bridgehead atoms. The largest absolute Gasteiger partial charge is 0.356 e. The molecular formula is C27H36N4O3S2. The van der Waals surface area contributed by atoms with Crippen LogP contribution in [-0.4, -0.2) is 40.2 Å².